The van der Waals surface area contributed by atoms with Gasteiger partial charge in [-0.25, -0.2) is 8.42 Å². The Morgan fingerprint density at radius 3 is 2.14 bits per heavy atom. The summed E-state index contributed by atoms with van der Waals surface area (Å²) in [6.45, 7) is 7.90. The molecular weight excluding hydrogens is 220 g/mol. The smallest absolute Gasteiger partial charge is 0.150 e. The zero-order chi connectivity index (χ0) is 11.4. The molecule has 86 valence electrons. The normalized spacial score (nSPS) is 17.0. The van der Waals surface area contributed by atoms with E-state index in [0.29, 0.717) is 18.2 Å². The topological polar surface area (TPSA) is 34.1 Å². The number of hydrogen-bond acceptors (Lipinski definition) is 2. The lowest BCUT2D eigenvalue weighted by molar-refractivity contribution is 0.246. The van der Waals surface area contributed by atoms with Gasteiger partial charge in [0.1, 0.15) is 9.84 Å². The second kappa shape index (κ2) is 5.36. The van der Waals surface area contributed by atoms with Crippen molar-refractivity contribution < 1.29 is 8.42 Å². The van der Waals surface area contributed by atoms with Gasteiger partial charge >= 0.3 is 0 Å². The minimum Gasteiger partial charge on any atom is -0.229 e. The summed E-state index contributed by atoms with van der Waals surface area (Å²) in [4.78, 5) is 0. The lowest BCUT2D eigenvalue weighted by Gasteiger charge is -2.31. The van der Waals surface area contributed by atoms with Gasteiger partial charge in [0.05, 0.1) is 5.75 Å². The summed E-state index contributed by atoms with van der Waals surface area (Å²) >= 11 is 5.88. The van der Waals surface area contributed by atoms with E-state index in [0.717, 1.165) is 0 Å². The van der Waals surface area contributed by atoms with E-state index < -0.39 is 9.84 Å². The fraction of sp³-hybridized carbons (Fsp3) is 1.00. The Bertz CT molecular complexity index is 259. The minimum absolute atomic E-state index is 0.0657. The monoisotopic (exact) mass is 240 g/mol. The highest BCUT2D eigenvalue weighted by Gasteiger charge is 2.28. The Kier molecular flexibility index (Phi) is 5.45. The number of sulfone groups is 1. The highest BCUT2D eigenvalue weighted by Crippen LogP contribution is 2.32. The molecule has 14 heavy (non-hydrogen) atoms. The fourth-order valence-electron chi connectivity index (χ4n) is 1.04. The first-order valence-corrected chi connectivity index (χ1v) is 7.39. The van der Waals surface area contributed by atoms with Crippen LogP contribution in [0.2, 0.25) is 0 Å². The van der Waals surface area contributed by atoms with Crippen molar-refractivity contribution in [3.05, 3.63) is 0 Å². The van der Waals surface area contributed by atoms with Crippen LogP contribution in [0.25, 0.3) is 0 Å². The van der Waals surface area contributed by atoms with E-state index in [1.54, 1.807) is 6.92 Å². The number of alkyl halides is 1. The maximum absolute atomic E-state index is 11.3. The lowest BCUT2D eigenvalue weighted by Crippen LogP contribution is -2.28. The van der Waals surface area contributed by atoms with Crippen molar-refractivity contribution in [1.82, 2.24) is 0 Å². The van der Waals surface area contributed by atoms with E-state index in [1.165, 1.54) is 0 Å². The van der Waals surface area contributed by atoms with Crippen LogP contribution in [0.3, 0.4) is 0 Å². The molecule has 0 radical (unpaired) electrons. The Balaban J connectivity index is 4.36. The van der Waals surface area contributed by atoms with Crippen LogP contribution in [0.4, 0.5) is 0 Å². The van der Waals surface area contributed by atoms with E-state index in [4.69, 9.17) is 11.6 Å². The van der Waals surface area contributed by atoms with Crippen molar-refractivity contribution in [3.8, 4) is 0 Å². The second-order valence-corrected chi connectivity index (χ2v) is 7.17. The molecule has 0 aliphatic carbocycles. The molecule has 0 rings (SSSR count). The number of hydrogen-bond donors (Lipinski definition) is 0. The van der Waals surface area contributed by atoms with Gasteiger partial charge in [0.2, 0.25) is 0 Å². The molecule has 0 aromatic heterocycles. The van der Waals surface area contributed by atoms with Gasteiger partial charge in [-0.05, 0) is 17.8 Å². The molecule has 0 aliphatic heterocycles. The Hall–Kier alpha value is 0.240. The Morgan fingerprint density at radius 1 is 1.36 bits per heavy atom. The molecule has 0 aliphatic rings. The largest absolute Gasteiger partial charge is 0.229 e. The molecule has 0 N–H and O–H groups in total. The molecule has 0 aromatic carbocycles. The molecule has 0 spiro atoms. The van der Waals surface area contributed by atoms with E-state index in [2.05, 4.69) is 20.8 Å². The molecule has 0 fully saturated rings. The van der Waals surface area contributed by atoms with Crippen LogP contribution in [0.1, 0.15) is 34.1 Å². The molecule has 1 atom stereocenters. The third kappa shape index (κ3) is 4.18. The van der Waals surface area contributed by atoms with Crippen LogP contribution in [0, 0.1) is 11.3 Å². The zero-order valence-corrected chi connectivity index (χ0v) is 11.1. The maximum Gasteiger partial charge on any atom is 0.150 e. The molecule has 0 bridgehead atoms. The van der Waals surface area contributed by atoms with Gasteiger partial charge < -0.3 is 0 Å². The second-order valence-electron chi connectivity index (χ2n) is 4.43. The molecular formula is C10H21ClO2S. The zero-order valence-electron chi connectivity index (χ0n) is 9.51. The summed E-state index contributed by atoms with van der Waals surface area (Å²) < 4.78 is 22.7. The summed E-state index contributed by atoms with van der Waals surface area (Å²) in [5.74, 6) is 1.41. The third-order valence-corrected chi connectivity index (χ3v) is 5.44. The summed E-state index contributed by atoms with van der Waals surface area (Å²) in [5.41, 5.74) is -0.0657. The predicted octanol–water partition coefficient (Wildman–Crippen LogP) is 2.71. The van der Waals surface area contributed by atoms with Crippen molar-refractivity contribution in [1.29, 1.82) is 0 Å². The summed E-state index contributed by atoms with van der Waals surface area (Å²) in [5, 5.41) is 0. The van der Waals surface area contributed by atoms with Crippen LogP contribution >= 0.6 is 11.6 Å². The summed E-state index contributed by atoms with van der Waals surface area (Å²) in [6.07, 6.45) is 0.657. The molecule has 0 aromatic rings. The first-order chi connectivity index (χ1) is 6.27. The number of rotatable bonds is 6. The van der Waals surface area contributed by atoms with Gasteiger partial charge in [-0.15, -0.1) is 11.6 Å². The van der Waals surface area contributed by atoms with Crippen LogP contribution < -0.4 is 0 Å². The van der Waals surface area contributed by atoms with Gasteiger partial charge in [-0.1, -0.05) is 27.7 Å². The molecule has 0 heterocycles. The Labute approximate surface area is 93.0 Å². The Morgan fingerprint density at radius 2 is 1.86 bits per heavy atom. The van der Waals surface area contributed by atoms with Crippen molar-refractivity contribution in [3.63, 3.8) is 0 Å². The molecule has 4 heteroatoms. The summed E-state index contributed by atoms with van der Waals surface area (Å²) in [7, 11) is -2.85. The van der Waals surface area contributed by atoms with E-state index in [1.807, 2.05) is 0 Å². The van der Waals surface area contributed by atoms with Crippen LogP contribution in [-0.4, -0.2) is 25.8 Å². The first kappa shape index (κ1) is 14.2. The van der Waals surface area contributed by atoms with Crippen LogP contribution in [-0.2, 0) is 9.84 Å². The number of halogens is 1. The standard InChI is InChI=1S/C10H21ClO2S/c1-5-14(12,13)7-6-10(4,8-11)9(2)3/h9H,5-8H2,1-4H3. The molecule has 0 saturated heterocycles. The molecule has 1 unspecified atom stereocenters. The SMILES string of the molecule is CCS(=O)(=O)CCC(C)(CCl)C(C)C. The van der Waals surface area contributed by atoms with Gasteiger partial charge in [-0.2, -0.15) is 0 Å². The van der Waals surface area contributed by atoms with Crippen molar-refractivity contribution in [2.45, 2.75) is 34.1 Å². The molecule has 2 nitrogen and oxygen atoms in total. The van der Waals surface area contributed by atoms with Crippen molar-refractivity contribution >= 4 is 21.4 Å². The third-order valence-electron chi connectivity index (χ3n) is 3.12. The van der Waals surface area contributed by atoms with Gasteiger partial charge in [-0.3, -0.25) is 0 Å². The van der Waals surface area contributed by atoms with Crippen molar-refractivity contribution in [2.75, 3.05) is 17.4 Å². The highest BCUT2D eigenvalue weighted by atomic mass is 35.5. The van der Waals surface area contributed by atoms with E-state index in [9.17, 15) is 8.42 Å². The lowest BCUT2D eigenvalue weighted by atomic mass is 9.79. The van der Waals surface area contributed by atoms with Crippen LogP contribution in [0.15, 0.2) is 0 Å². The first-order valence-electron chi connectivity index (χ1n) is 5.04. The highest BCUT2D eigenvalue weighted by molar-refractivity contribution is 7.91. The fourth-order valence-corrected chi connectivity index (χ4v) is 2.55. The quantitative estimate of drug-likeness (QED) is 0.669. The maximum atomic E-state index is 11.3. The average molecular weight is 241 g/mol. The summed E-state index contributed by atoms with van der Waals surface area (Å²) in [6, 6.07) is 0. The van der Waals surface area contributed by atoms with E-state index >= 15 is 0 Å². The van der Waals surface area contributed by atoms with E-state index in [-0.39, 0.29) is 16.9 Å². The average Bonchev–Trinajstić information content (AvgIpc) is 2.14. The van der Waals surface area contributed by atoms with Gasteiger partial charge in [0, 0.05) is 11.6 Å². The van der Waals surface area contributed by atoms with Gasteiger partial charge in [0.25, 0.3) is 0 Å². The molecule has 0 saturated carbocycles. The minimum atomic E-state index is -2.85. The van der Waals surface area contributed by atoms with Crippen molar-refractivity contribution in [2.24, 2.45) is 11.3 Å². The predicted molar refractivity (Wildman–Crippen MR) is 62.6 cm³/mol. The molecule has 0 amide bonds. The van der Waals surface area contributed by atoms with Gasteiger partial charge in [0.15, 0.2) is 0 Å². The van der Waals surface area contributed by atoms with Crippen LogP contribution in [0.5, 0.6) is 0 Å².